The third-order valence-electron chi connectivity index (χ3n) is 2.75. The van der Waals surface area contributed by atoms with Gasteiger partial charge in [-0.05, 0) is 13.0 Å². The number of carbonyl (C=O) groups is 1. The van der Waals surface area contributed by atoms with Gasteiger partial charge in [-0.2, -0.15) is 5.10 Å². The van der Waals surface area contributed by atoms with Crippen LogP contribution in [0.5, 0.6) is 0 Å². The number of benzene rings is 1. The smallest absolute Gasteiger partial charge is 0.272 e. The number of carbonyl (C=O) groups excluding carboxylic acids is 1. The van der Waals surface area contributed by atoms with E-state index in [0.717, 1.165) is 20.8 Å². The fourth-order valence-electron chi connectivity index (χ4n) is 1.86. The van der Waals surface area contributed by atoms with Crippen molar-refractivity contribution in [2.45, 2.75) is 13.5 Å². The van der Waals surface area contributed by atoms with Gasteiger partial charge in [0, 0.05) is 16.5 Å². The number of aromatic amines is 1. The van der Waals surface area contributed by atoms with E-state index in [1.54, 1.807) is 17.5 Å². The molecule has 2 N–H and O–H groups in total. The highest BCUT2D eigenvalue weighted by Crippen LogP contribution is 2.15. The van der Waals surface area contributed by atoms with E-state index < -0.39 is 0 Å². The van der Waals surface area contributed by atoms with Crippen LogP contribution in [0.4, 0.5) is 0 Å². The SMILES string of the molecule is Cc1cnc(CNC(=O)c2n[nH]c3ccccc23)s1. The van der Waals surface area contributed by atoms with E-state index in [2.05, 4.69) is 20.5 Å². The fourth-order valence-corrected chi connectivity index (χ4v) is 2.59. The summed E-state index contributed by atoms with van der Waals surface area (Å²) in [6, 6.07) is 7.56. The molecule has 0 atom stereocenters. The quantitative estimate of drug-likeness (QED) is 0.768. The van der Waals surface area contributed by atoms with Crippen LogP contribution in [-0.2, 0) is 6.54 Å². The average Bonchev–Trinajstić information content (AvgIpc) is 3.02. The number of nitrogens with zero attached hydrogens (tertiary/aromatic N) is 2. The number of thiazole rings is 1. The molecule has 0 aliphatic rings. The van der Waals surface area contributed by atoms with E-state index >= 15 is 0 Å². The highest BCUT2D eigenvalue weighted by Gasteiger charge is 2.13. The topological polar surface area (TPSA) is 70.7 Å². The summed E-state index contributed by atoms with van der Waals surface area (Å²) < 4.78 is 0. The van der Waals surface area contributed by atoms with Gasteiger partial charge in [0.1, 0.15) is 5.01 Å². The Morgan fingerprint density at radius 1 is 1.42 bits per heavy atom. The van der Waals surface area contributed by atoms with Gasteiger partial charge >= 0.3 is 0 Å². The summed E-state index contributed by atoms with van der Waals surface area (Å²) in [6.07, 6.45) is 1.80. The molecule has 1 aromatic carbocycles. The zero-order valence-electron chi connectivity index (χ0n) is 10.3. The number of hydrogen-bond acceptors (Lipinski definition) is 4. The summed E-state index contributed by atoms with van der Waals surface area (Å²) in [4.78, 5) is 17.4. The van der Waals surface area contributed by atoms with Gasteiger partial charge in [-0.3, -0.25) is 9.89 Å². The molecular weight excluding hydrogens is 260 g/mol. The van der Waals surface area contributed by atoms with Crippen molar-refractivity contribution in [3.63, 3.8) is 0 Å². The van der Waals surface area contributed by atoms with Gasteiger partial charge in [0.25, 0.3) is 5.91 Å². The van der Waals surface area contributed by atoms with Crippen LogP contribution < -0.4 is 5.32 Å². The molecule has 3 aromatic rings. The molecule has 0 aliphatic carbocycles. The Hall–Kier alpha value is -2.21. The first-order valence-corrected chi connectivity index (χ1v) is 6.68. The standard InChI is InChI=1S/C13H12N4OS/c1-8-6-14-11(19-8)7-15-13(18)12-9-4-2-3-5-10(9)16-17-12/h2-6H,7H2,1H3,(H,15,18)(H,16,17). The van der Waals surface area contributed by atoms with Crippen molar-refractivity contribution in [2.75, 3.05) is 0 Å². The van der Waals surface area contributed by atoms with E-state index in [0.29, 0.717) is 12.2 Å². The molecule has 96 valence electrons. The fraction of sp³-hybridized carbons (Fsp3) is 0.154. The second kappa shape index (κ2) is 4.81. The Balaban J connectivity index is 1.77. The maximum absolute atomic E-state index is 12.1. The highest BCUT2D eigenvalue weighted by molar-refractivity contribution is 7.11. The summed E-state index contributed by atoms with van der Waals surface area (Å²) >= 11 is 1.58. The Kier molecular flexibility index (Phi) is 3.00. The molecule has 6 heteroatoms. The van der Waals surface area contributed by atoms with Crippen molar-refractivity contribution >= 4 is 28.1 Å². The molecule has 0 spiro atoms. The molecule has 0 radical (unpaired) electrons. The molecule has 0 bridgehead atoms. The van der Waals surface area contributed by atoms with Crippen LogP contribution in [0.2, 0.25) is 0 Å². The maximum atomic E-state index is 12.1. The molecular formula is C13H12N4OS. The minimum atomic E-state index is -0.190. The lowest BCUT2D eigenvalue weighted by molar-refractivity contribution is 0.0947. The van der Waals surface area contributed by atoms with Crippen LogP contribution in [0.25, 0.3) is 10.9 Å². The monoisotopic (exact) mass is 272 g/mol. The summed E-state index contributed by atoms with van der Waals surface area (Å²) in [5, 5.41) is 11.5. The number of aryl methyl sites for hydroxylation is 1. The average molecular weight is 272 g/mol. The van der Waals surface area contributed by atoms with Crippen molar-refractivity contribution in [1.82, 2.24) is 20.5 Å². The summed E-state index contributed by atoms with van der Waals surface area (Å²) in [5.74, 6) is -0.190. The number of para-hydroxylation sites is 1. The summed E-state index contributed by atoms with van der Waals surface area (Å²) in [6.45, 7) is 2.42. The normalized spacial score (nSPS) is 10.8. The van der Waals surface area contributed by atoms with Crippen LogP contribution in [0.1, 0.15) is 20.4 Å². The van der Waals surface area contributed by atoms with Gasteiger partial charge in [-0.25, -0.2) is 4.98 Å². The zero-order valence-corrected chi connectivity index (χ0v) is 11.1. The number of hydrogen-bond donors (Lipinski definition) is 2. The molecule has 0 fully saturated rings. The number of aromatic nitrogens is 3. The number of rotatable bonds is 3. The first kappa shape index (κ1) is 11.9. The van der Waals surface area contributed by atoms with E-state index in [1.165, 1.54) is 0 Å². The van der Waals surface area contributed by atoms with Gasteiger partial charge in [-0.1, -0.05) is 18.2 Å². The second-order valence-electron chi connectivity index (χ2n) is 4.17. The lowest BCUT2D eigenvalue weighted by Gasteiger charge is -2.00. The van der Waals surface area contributed by atoms with Gasteiger partial charge < -0.3 is 5.32 Å². The van der Waals surface area contributed by atoms with Crippen molar-refractivity contribution in [2.24, 2.45) is 0 Å². The minimum absolute atomic E-state index is 0.190. The minimum Gasteiger partial charge on any atom is -0.344 e. The molecule has 0 saturated heterocycles. The van der Waals surface area contributed by atoms with E-state index in [9.17, 15) is 4.79 Å². The first-order chi connectivity index (χ1) is 9.24. The molecule has 0 aliphatic heterocycles. The van der Waals surface area contributed by atoms with Crippen molar-refractivity contribution in [3.05, 3.63) is 46.0 Å². The van der Waals surface area contributed by atoms with Crippen molar-refractivity contribution in [1.29, 1.82) is 0 Å². The predicted molar refractivity (Wildman–Crippen MR) is 74.1 cm³/mol. The number of fused-ring (bicyclic) bond motifs is 1. The molecule has 0 saturated carbocycles. The largest absolute Gasteiger partial charge is 0.344 e. The van der Waals surface area contributed by atoms with Crippen molar-refractivity contribution < 1.29 is 4.79 Å². The second-order valence-corrected chi connectivity index (χ2v) is 5.48. The molecule has 2 heterocycles. The number of amides is 1. The van der Waals surface area contributed by atoms with Crippen LogP contribution in [0.3, 0.4) is 0 Å². The Labute approximate surface area is 113 Å². The first-order valence-electron chi connectivity index (χ1n) is 5.86. The summed E-state index contributed by atoms with van der Waals surface area (Å²) in [5.41, 5.74) is 1.28. The molecule has 5 nitrogen and oxygen atoms in total. The molecule has 3 rings (SSSR count). The van der Waals surface area contributed by atoms with Crippen LogP contribution in [-0.4, -0.2) is 21.1 Å². The zero-order chi connectivity index (χ0) is 13.2. The molecule has 19 heavy (non-hydrogen) atoms. The van der Waals surface area contributed by atoms with Gasteiger partial charge in [-0.15, -0.1) is 11.3 Å². The lowest BCUT2D eigenvalue weighted by Crippen LogP contribution is -2.23. The van der Waals surface area contributed by atoms with Gasteiger partial charge in [0.05, 0.1) is 12.1 Å². The maximum Gasteiger partial charge on any atom is 0.272 e. The van der Waals surface area contributed by atoms with Crippen LogP contribution in [0.15, 0.2) is 30.5 Å². The Morgan fingerprint density at radius 2 is 2.26 bits per heavy atom. The lowest BCUT2D eigenvalue weighted by atomic mass is 10.2. The van der Waals surface area contributed by atoms with Crippen molar-refractivity contribution in [3.8, 4) is 0 Å². The van der Waals surface area contributed by atoms with E-state index in [1.807, 2.05) is 31.2 Å². The predicted octanol–water partition coefficient (Wildman–Crippen LogP) is 2.26. The molecule has 2 aromatic heterocycles. The van der Waals surface area contributed by atoms with E-state index in [4.69, 9.17) is 0 Å². The third-order valence-corrected chi connectivity index (χ3v) is 3.67. The highest BCUT2D eigenvalue weighted by atomic mass is 32.1. The molecule has 0 unspecified atom stereocenters. The number of H-pyrrole nitrogens is 1. The Bertz CT molecular complexity index is 731. The van der Waals surface area contributed by atoms with Crippen LogP contribution in [0, 0.1) is 6.92 Å². The van der Waals surface area contributed by atoms with Gasteiger partial charge in [0.15, 0.2) is 5.69 Å². The summed E-state index contributed by atoms with van der Waals surface area (Å²) in [7, 11) is 0. The van der Waals surface area contributed by atoms with Crippen LogP contribution >= 0.6 is 11.3 Å². The molecule has 1 amide bonds. The number of nitrogens with one attached hydrogen (secondary N) is 2. The van der Waals surface area contributed by atoms with E-state index in [-0.39, 0.29) is 5.91 Å². The Morgan fingerprint density at radius 3 is 3.05 bits per heavy atom. The third kappa shape index (κ3) is 2.34. The van der Waals surface area contributed by atoms with Gasteiger partial charge in [0.2, 0.25) is 0 Å².